The summed E-state index contributed by atoms with van der Waals surface area (Å²) in [5, 5.41) is 0. The van der Waals surface area contributed by atoms with E-state index in [4.69, 9.17) is 12.2 Å². The van der Waals surface area contributed by atoms with E-state index in [-0.39, 0.29) is 18.9 Å². The molecule has 0 aliphatic carbocycles. The van der Waals surface area contributed by atoms with Crippen LogP contribution in [0.3, 0.4) is 0 Å². The van der Waals surface area contributed by atoms with Crippen molar-refractivity contribution in [3.05, 3.63) is 22.2 Å². The molecule has 1 heterocycles. The van der Waals surface area contributed by atoms with E-state index in [9.17, 15) is 13.2 Å². The highest BCUT2D eigenvalue weighted by atomic mass is 32.1. The van der Waals surface area contributed by atoms with E-state index < -0.39 is 12.8 Å². The lowest BCUT2D eigenvalue weighted by Crippen LogP contribution is -2.18. The van der Waals surface area contributed by atoms with Gasteiger partial charge in [-0.2, -0.15) is 13.2 Å². The summed E-state index contributed by atoms with van der Waals surface area (Å²) in [5.74, 6) is 0.804. The Hall–Kier alpha value is -0.950. The molecule has 1 aromatic heterocycles. The Labute approximate surface area is 108 Å². The Kier molecular flexibility index (Phi) is 5.28. The minimum Gasteiger partial charge on any atom is -0.372 e. The first-order valence-electron chi connectivity index (χ1n) is 5.52. The number of alkyl halides is 3. The summed E-state index contributed by atoms with van der Waals surface area (Å²) >= 11 is 4.99. The van der Waals surface area contributed by atoms with Crippen LogP contribution in [0.5, 0.6) is 0 Å². The number of hydrogen-bond donors (Lipinski definition) is 1. The molecule has 1 N–H and O–H groups in total. The summed E-state index contributed by atoms with van der Waals surface area (Å²) in [6.45, 7) is 2.70. The zero-order chi connectivity index (χ0) is 13.8. The first kappa shape index (κ1) is 15.1. The van der Waals surface area contributed by atoms with Crippen molar-refractivity contribution in [3.63, 3.8) is 0 Å². The van der Waals surface area contributed by atoms with E-state index in [1.54, 1.807) is 6.07 Å². The van der Waals surface area contributed by atoms with Crippen molar-refractivity contribution in [2.75, 3.05) is 13.2 Å². The number of hydrogen-bond acceptors (Lipinski definition) is 3. The number of aromatic amines is 1. The van der Waals surface area contributed by atoms with Gasteiger partial charge in [-0.05, 0) is 12.0 Å². The molecule has 0 bridgehead atoms. The largest absolute Gasteiger partial charge is 0.411 e. The fraction of sp³-hybridized carbons (Fsp3) is 0.636. The van der Waals surface area contributed by atoms with E-state index in [1.165, 1.54) is 0 Å². The Morgan fingerprint density at radius 1 is 1.44 bits per heavy atom. The third-order valence-electron chi connectivity index (χ3n) is 2.18. The van der Waals surface area contributed by atoms with Gasteiger partial charge < -0.3 is 9.72 Å². The highest BCUT2D eigenvalue weighted by Gasteiger charge is 2.27. The van der Waals surface area contributed by atoms with Gasteiger partial charge in [-0.25, -0.2) is 4.98 Å². The van der Waals surface area contributed by atoms with E-state index in [2.05, 4.69) is 14.7 Å². The fourth-order valence-corrected chi connectivity index (χ4v) is 1.55. The number of aromatic nitrogens is 2. The average molecular weight is 280 g/mol. The molecule has 0 aromatic carbocycles. The van der Waals surface area contributed by atoms with E-state index in [0.717, 1.165) is 5.69 Å². The number of ether oxygens (including phenoxy) is 1. The summed E-state index contributed by atoms with van der Waals surface area (Å²) in [6.07, 6.45) is -4.01. The molecule has 0 atom stereocenters. The molecule has 0 aliphatic heterocycles. The summed E-state index contributed by atoms with van der Waals surface area (Å²) in [5.41, 5.74) is 0.917. The predicted molar refractivity (Wildman–Crippen MR) is 64.1 cm³/mol. The second-order valence-corrected chi connectivity index (χ2v) is 4.61. The van der Waals surface area contributed by atoms with Crippen LogP contribution < -0.4 is 0 Å². The Balaban J connectivity index is 2.55. The molecule has 0 saturated carbocycles. The minimum atomic E-state index is -4.29. The number of nitrogens with zero attached hydrogens (tertiary/aromatic N) is 1. The number of nitrogens with one attached hydrogen (secondary N) is 1. The lowest BCUT2D eigenvalue weighted by molar-refractivity contribution is -0.173. The molecule has 0 amide bonds. The van der Waals surface area contributed by atoms with Crippen molar-refractivity contribution in [1.82, 2.24) is 9.97 Å². The number of halogens is 3. The average Bonchev–Trinajstić information content (AvgIpc) is 2.22. The second kappa shape index (κ2) is 6.29. The molecule has 18 heavy (non-hydrogen) atoms. The van der Waals surface area contributed by atoms with Crippen LogP contribution in [-0.4, -0.2) is 29.4 Å². The third kappa shape index (κ3) is 5.59. The Morgan fingerprint density at radius 2 is 2.11 bits per heavy atom. The van der Waals surface area contributed by atoms with Gasteiger partial charge in [0.05, 0.1) is 6.61 Å². The quantitative estimate of drug-likeness (QED) is 0.663. The van der Waals surface area contributed by atoms with Gasteiger partial charge in [0.1, 0.15) is 17.1 Å². The molecule has 0 fully saturated rings. The molecule has 0 saturated heterocycles. The molecule has 102 valence electrons. The van der Waals surface area contributed by atoms with Gasteiger partial charge in [0.15, 0.2) is 0 Å². The Morgan fingerprint density at radius 3 is 2.67 bits per heavy atom. The SMILES string of the molecule is CC(C)c1cc(=S)nc(CCOCC(F)(F)F)[nH]1. The van der Waals surface area contributed by atoms with Gasteiger partial charge in [-0.1, -0.05) is 26.1 Å². The van der Waals surface area contributed by atoms with Crippen molar-refractivity contribution < 1.29 is 17.9 Å². The van der Waals surface area contributed by atoms with Crippen LogP contribution >= 0.6 is 12.2 Å². The number of H-pyrrole nitrogens is 1. The molecular weight excluding hydrogens is 265 g/mol. The zero-order valence-electron chi connectivity index (χ0n) is 10.2. The van der Waals surface area contributed by atoms with Crippen LogP contribution in [0, 0.1) is 4.64 Å². The summed E-state index contributed by atoms with van der Waals surface area (Å²) in [6, 6.07) is 1.75. The van der Waals surface area contributed by atoms with Crippen LogP contribution in [-0.2, 0) is 11.2 Å². The van der Waals surface area contributed by atoms with Crippen molar-refractivity contribution >= 4 is 12.2 Å². The minimum absolute atomic E-state index is 0.0423. The lowest BCUT2D eigenvalue weighted by atomic mass is 10.1. The highest BCUT2D eigenvalue weighted by molar-refractivity contribution is 7.71. The molecule has 0 aliphatic rings. The summed E-state index contributed by atoms with van der Waals surface area (Å²) < 4.78 is 40.5. The van der Waals surface area contributed by atoms with Gasteiger partial charge in [-0.3, -0.25) is 0 Å². The van der Waals surface area contributed by atoms with E-state index >= 15 is 0 Å². The molecule has 1 aromatic rings. The van der Waals surface area contributed by atoms with Crippen molar-refractivity contribution in [3.8, 4) is 0 Å². The topological polar surface area (TPSA) is 37.9 Å². The van der Waals surface area contributed by atoms with Gasteiger partial charge in [0, 0.05) is 12.1 Å². The molecule has 7 heteroatoms. The summed E-state index contributed by atoms with van der Waals surface area (Å²) in [7, 11) is 0. The number of rotatable bonds is 5. The zero-order valence-corrected chi connectivity index (χ0v) is 11.0. The monoisotopic (exact) mass is 280 g/mol. The van der Waals surface area contributed by atoms with Crippen molar-refractivity contribution in [1.29, 1.82) is 0 Å². The maximum atomic E-state index is 11.9. The van der Waals surface area contributed by atoms with Gasteiger partial charge in [0.25, 0.3) is 0 Å². The smallest absolute Gasteiger partial charge is 0.372 e. The lowest BCUT2D eigenvalue weighted by Gasteiger charge is -2.10. The second-order valence-electron chi connectivity index (χ2n) is 4.19. The molecule has 1 rings (SSSR count). The first-order chi connectivity index (χ1) is 8.28. The van der Waals surface area contributed by atoms with Crippen molar-refractivity contribution in [2.24, 2.45) is 0 Å². The molecular formula is C11H15F3N2OS. The molecule has 3 nitrogen and oxygen atoms in total. The molecule has 0 radical (unpaired) electrons. The van der Waals surface area contributed by atoms with Crippen LogP contribution in [0.1, 0.15) is 31.3 Å². The third-order valence-corrected chi connectivity index (χ3v) is 2.39. The van der Waals surface area contributed by atoms with Crippen LogP contribution in [0.25, 0.3) is 0 Å². The maximum absolute atomic E-state index is 11.9. The Bertz CT molecular complexity index is 443. The fourth-order valence-electron chi connectivity index (χ4n) is 1.32. The highest BCUT2D eigenvalue weighted by Crippen LogP contribution is 2.15. The van der Waals surface area contributed by atoms with Crippen LogP contribution in [0.4, 0.5) is 13.2 Å². The normalized spacial score (nSPS) is 12.1. The molecule has 0 unspecified atom stereocenters. The summed E-state index contributed by atoms with van der Waals surface area (Å²) in [4.78, 5) is 7.09. The first-order valence-corrected chi connectivity index (χ1v) is 5.93. The maximum Gasteiger partial charge on any atom is 0.411 e. The van der Waals surface area contributed by atoms with Crippen molar-refractivity contribution in [2.45, 2.75) is 32.4 Å². The van der Waals surface area contributed by atoms with Crippen LogP contribution in [0.15, 0.2) is 6.07 Å². The standard InChI is InChI=1S/C11H15F3N2OS/c1-7(2)8-5-10(18)16-9(15-8)3-4-17-6-11(12,13)14/h5,7H,3-4,6H2,1-2H3,(H,15,16,18). The van der Waals surface area contributed by atoms with E-state index in [1.807, 2.05) is 13.8 Å². The predicted octanol–water partition coefficient (Wildman–Crippen LogP) is 3.38. The van der Waals surface area contributed by atoms with Gasteiger partial charge in [-0.15, -0.1) is 0 Å². The van der Waals surface area contributed by atoms with Crippen LogP contribution in [0.2, 0.25) is 0 Å². The van der Waals surface area contributed by atoms with Gasteiger partial charge in [0.2, 0.25) is 0 Å². The van der Waals surface area contributed by atoms with E-state index in [0.29, 0.717) is 10.5 Å². The van der Waals surface area contributed by atoms with Gasteiger partial charge >= 0.3 is 6.18 Å². The molecule has 0 spiro atoms.